The maximum absolute atomic E-state index is 8.35. The fourth-order valence-electron chi connectivity index (χ4n) is 0. The molecule has 0 aromatic heterocycles. The Bertz CT molecular complexity index is 96.7. The van der Waals surface area contributed by atoms with Crippen molar-refractivity contribution < 1.29 is 4.79 Å². The van der Waals surface area contributed by atoms with Crippen molar-refractivity contribution in [2.45, 2.75) is 20.8 Å². The lowest BCUT2D eigenvalue weighted by Crippen LogP contribution is -1.16. The van der Waals surface area contributed by atoms with Crippen LogP contribution in [0, 0.1) is 5.41 Å². The SMILES string of the molecule is C=CC.C=CC.C=CC.N=C=O. The molecule has 0 heterocycles. The van der Waals surface area contributed by atoms with E-state index in [-0.39, 0.29) is 0 Å². The van der Waals surface area contributed by atoms with Crippen LogP contribution in [-0.2, 0) is 4.79 Å². The van der Waals surface area contributed by atoms with Gasteiger partial charge in [0.15, 0.2) is 0 Å². The largest absolute Gasteiger partial charge is 0.231 e. The van der Waals surface area contributed by atoms with Gasteiger partial charge in [0.2, 0.25) is 6.08 Å². The predicted molar refractivity (Wildman–Crippen MR) is 56.0 cm³/mol. The van der Waals surface area contributed by atoms with Crippen LogP contribution in [0.5, 0.6) is 0 Å². The number of allylic oxidation sites excluding steroid dienone is 3. The number of isocyanates is 1. The molecule has 2 nitrogen and oxygen atoms in total. The monoisotopic (exact) mass is 169 g/mol. The van der Waals surface area contributed by atoms with Crippen molar-refractivity contribution in [3.63, 3.8) is 0 Å². The molecule has 0 amide bonds. The van der Waals surface area contributed by atoms with E-state index in [4.69, 9.17) is 10.2 Å². The van der Waals surface area contributed by atoms with Crippen LogP contribution < -0.4 is 0 Å². The average molecular weight is 169 g/mol. The first-order valence-electron chi connectivity index (χ1n) is 3.41. The third-order valence-electron chi connectivity index (χ3n) is 0. The van der Waals surface area contributed by atoms with Crippen molar-refractivity contribution in [3.05, 3.63) is 38.0 Å². The van der Waals surface area contributed by atoms with Gasteiger partial charge in [0.1, 0.15) is 0 Å². The zero-order chi connectivity index (χ0) is 10.8. The summed E-state index contributed by atoms with van der Waals surface area (Å²) in [5.41, 5.74) is 0. The van der Waals surface area contributed by atoms with Gasteiger partial charge in [-0.3, -0.25) is 0 Å². The second kappa shape index (κ2) is 105. The van der Waals surface area contributed by atoms with Gasteiger partial charge >= 0.3 is 0 Å². The van der Waals surface area contributed by atoms with Crippen LogP contribution in [0.2, 0.25) is 0 Å². The first-order chi connectivity index (χ1) is 5.66. The molecule has 0 aliphatic carbocycles. The highest BCUT2D eigenvalue weighted by Gasteiger charge is 1.15. The van der Waals surface area contributed by atoms with Gasteiger partial charge in [-0.15, -0.1) is 19.7 Å². The molecule has 0 saturated heterocycles. The van der Waals surface area contributed by atoms with E-state index in [9.17, 15) is 0 Å². The van der Waals surface area contributed by atoms with Gasteiger partial charge in [-0.1, -0.05) is 18.2 Å². The van der Waals surface area contributed by atoms with E-state index in [1.54, 1.807) is 18.2 Å². The van der Waals surface area contributed by atoms with E-state index < -0.39 is 0 Å². The third kappa shape index (κ3) is 253. The van der Waals surface area contributed by atoms with Gasteiger partial charge in [-0.05, 0) is 20.8 Å². The zero-order valence-corrected chi connectivity index (χ0v) is 8.26. The summed E-state index contributed by atoms with van der Waals surface area (Å²) in [7, 11) is 0. The summed E-state index contributed by atoms with van der Waals surface area (Å²) < 4.78 is 0. The molecule has 12 heavy (non-hydrogen) atoms. The first-order valence-corrected chi connectivity index (χ1v) is 3.41. The summed E-state index contributed by atoms with van der Waals surface area (Å²) in [6.07, 6.45) is 6.00. The molecule has 0 radical (unpaired) electrons. The van der Waals surface area contributed by atoms with Crippen LogP contribution >= 0.6 is 0 Å². The molecule has 0 saturated carbocycles. The maximum atomic E-state index is 8.35. The minimum atomic E-state index is 0.750. The Morgan fingerprint density at radius 3 is 1.00 bits per heavy atom. The van der Waals surface area contributed by atoms with Crippen LogP contribution in [0.25, 0.3) is 0 Å². The Labute approximate surface area is 75.8 Å². The Morgan fingerprint density at radius 2 is 1.00 bits per heavy atom. The average Bonchev–Trinajstić information content (AvgIpc) is 1.92. The van der Waals surface area contributed by atoms with Gasteiger partial charge in [0.05, 0.1) is 0 Å². The molecule has 0 atom stereocenters. The molecule has 0 aromatic carbocycles. The Hall–Kier alpha value is -1.40. The smallest absolute Gasteiger partial charge is 0.222 e. The zero-order valence-electron chi connectivity index (χ0n) is 8.26. The van der Waals surface area contributed by atoms with Crippen molar-refractivity contribution in [2.24, 2.45) is 0 Å². The lowest BCUT2D eigenvalue weighted by molar-refractivity contribution is 0.563. The molecule has 0 rings (SSSR count). The topological polar surface area (TPSA) is 40.9 Å². The van der Waals surface area contributed by atoms with Crippen molar-refractivity contribution in [3.8, 4) is 0 Å². The summed E-state index contributed by atoms with van der Waals surface area (Å²) in [5.74, 6) is 0. The highest BCUT2D eigenvalue weighted by atomic mass is 16.1. The highest BCUT2D eigenvalue weighted by molar-refractivity contribution is 5.26. The van der Waals surface area contributed by atoms with E-state index in [2.05, 4.69) is 19.7 Å². The number of carbonyl (C=O) groups excluding carboxylic acids is 1. The molecule has 0 spiro atoms. The fraction of sp³-hybridized carbons (Fsp3) is 0.300. The summed E-state index contributed by atoms with van der Waals surface area (Å²) >= 11 is 0. The van der Waals surface area contributed by atoms with Gasteiger partial charge in [-0.25, -0.2) is 10.2 Å². The molecule has 0 bridgehead atoms. The Morgan fingerprint density at radius 1 is 1.00 bits per heavy atom. The molecule has 2 heteroatoms. The predicted octanol–water partition coefficient (Wildman–Crippen LogP) is 3.48. The number of hydrogen-bond donors (Lipinski definition) is 1. The number of hydrogen-bond acceptors (Lipinski definition) is 2. The standard InChI is InChI=1S/3C3H6.CHNO/c3*1-3-2;2-1-3/h3*3H,1H2,2H3;2H. The maximum Gasteiger partial charge on any atom is 0.231 e. The minimum absolute atomic E-state index is 0.750. The van der Waals surface area contributed by atoms with Crippen LogP contribution in [0.1, 0.15) is 20.8 Å². The Balaban J connectivity index is -0.0000000356. The fourth-order valence-corrected chi connectivity index (χ4v) is 0. The van der Waals surface area contributed by atoms with Gasteiger partial charge in [0, 0.05) is 0 Å². The highest BCUT2D eigenvalue weighted by Crippen LogP contribution is 1.38. The second-order valence-corrected chi connectivity index (χ2v) is 1.33. The molecule has 0 aromatic rings. The van der Waals surface area contributed by atoms with Gasteiger partial charge < -0.3 is 0 Å². The van der Waals surface area contributed by atoms with Crippen LogP contribution in [0.3, 0.4) is 0 Å². The van der Waals surface area contributed by atoms with Crippen LogP contribution in [0.4, 0.5) is 0 Å². The quantitative estimate of drug-likeness (QED) is 0.336. The summed E-state index contributed by atoms with van der Waals surface area (Å²) in [6.45, 7) is 15.8. The molecule has 0 fully saturated rings. The van der Waals surface area contributed by atoms with E-state index in [0.717, 1.165) is 6.08 Å². The molecule has 0 aliphatic rings. The normalized spacial score (nSPS) is 3.92. The van der Waals surface area contributed by atoms with Crippen molar-refractivity contribution >= 4 is 6.08 Å². The van der Waals surface area contributed by atoms with E-state index in [1.807, 2.05) is 20.8 Å². The summed E-state index contributed by atoms with van der Waals surface area (Å²) in [5, 5.41) is 5.40. The van der Waals surface area contributed by atoms with Crippen molar-refractivity contribution in [1.29, 1.82) is 5.41 Å². The van der Waals surface area contributed by atoms with E-state index in [0.29, 0.717) is 0 Å². The minimum Gasteiger partial charge on any atom is -0.222 e. The summed E-state index contributed by atoms with van der Waals surface area (Å²) in [6, 6.07) is 0. The second-order valence-electron chi connectivity index (χ2n) is 1.33. The van der Waals surface area contributed by atoms with E-state index >= 15 is 0 Å². The van der Waals surface area contributed by atoms with Crippen LogP contribution in [0.15, 0.2) is 38.0 Å². The molecule has 70 valence electrons. The lowest BCUT2D eigenvalue weighted by atomic mass is 10.8. The molecule has 0 aliphatic heterocycles. The molecule has 1 N–H and O–H groups in total. The van der Waals surface area contributed by atoms with Crippen LogP contribution in [-0.4, -0.2) is 6.08 Å². The molecular formula is C10H19NO. The Kier molecular flexibility index (Phi) is 196. The number of rotatable bonds is 0. The molecular weight excluding hydrogens is 150 g/mol. The third-order valence-corrected chi connectivity index (χ3v) is 0. The van der Waals surface area contributed by atoms with Crippen molar-refractivity contribution in [2.75, 3.05) is 0 Å². The van der Waals surface area contributed by atoms with Gasteiger partial charge in [-0.2, -0.15) is 0 Å². The molecule has 0 unspecified atom stereocenters. The first kappa shape index (κ1) is 22.4. The van der Waals surface area contributed by atoms with Gasteiger partial charge in [0.25, 0.3) is 0 Å². The van der Waals surface area contributed by atoms with E-state index in [1.165, 1.54) is 0 Å². The van der Waals surface area contributed by atoms with Crippen molar-refractivity contribution in [1.82, 2.24) is 0 Å². The number of nitrogens with one attached hydrogen (secondary N) is 1. The lowest BCUT2D eigenvalue weighted by Gasteiger charge is -1.31. The summed E-state index contributed by atoms with van der Waals surface area (Å²) in [4.78, 5) is 8.35.